The summed E-state index contributed by atoms with van der Waals surface area (Å²) >= 11 is 0. The van der Waals surface area contributed by atoms with Crippen molar-refractivity contribution in [2.24, 2.45) is 0 Å². The van der Waals surface area contributed by atoms with Gasteiger partial charge in [-0.15, -0.1) is 0 Å². The van der Waals surface area contributed by atoms with Crippen LogP contribution in [0.25, 0.3) is 16.9 Å². The molecular formula is C28H29FN6O2. The number of pyridine rings is 1. The topological polar surface area (TPSA) is 80.1 Å². The second-order valence-corrected chi connectivity index (χ2v) is 9.43. The number of aryl methyl sites for hydroxylation is 1. The zero-order chi connectivity index (χ0) is 25.5. The second-order valence-electron chi connectivity index (χ2n) is 9.43. The molecule has 5 heterocycles. The van der Waals surface area contributed by atoms with Crippen LogP contribution in [0.3, 0.4) is 0 Å². The number of anilines is 1. The van der Waals surface area contributed by atoms with Crippen LogP contribution >= 0.6 is 0 Å². The first-order chi connectivity index (χ1) is 18.1. The lowest BCUT2D eigenvalue weighted by molar-refractivity contribution is 0.209. The molecule has 0 bridgehead atoms. The Hall–Kier alpha value is -3.82. The summed E-state index contributed by atoms with van der Waals surface area (Å²) in [5.41, 5.74) is 3.43. The van der Waals surface area contributed by atoms with E-state index in [2.05, 4.69) is 26.3 Å². The van der Waals surface area contributed by atoms with Crippen molar-refractivity contribution in [1.29, 1.82) is 0 Å². The molecule has 37 heavy (non-hydrogen) atoms. The number of hydrogen-bond donors (Lipinski definition) is 1. The Morgan fingerprint density at radius 1 is 1.19 bits per heavy atom. The van der Waals surface area contributed by atoms with Gasteiger partial charge in [-0.3, -0.25) is 9.30 Å². The number of halogens is 1. The molecule has 0 amide bonds. The van der Waals surface area contributed by atoms with Gasteiger partial charge in [-0.1, -0.05) is 18.2 Å². The molecule has 0 saturated carbocycles. The highest BCUT2D eigenvalue weighted by Crippen LogP contribution is 2.39. The fourth-order valence-electron chi connectivity index (χ4n) is 5.12. The van der Waals surface area contributed by atoms with E-state index in [1.807, 2.05) is 55.6 Å². The van der Waals surface area contributed by atoms with Crippen molar-refractivity contribution < 1.29 is 13.9 Å². The van der Waals surface area contributed by atoms with Gasteiger partial charge in [-0.25, -0.2) is 19.3 Å². The second kappa shape index (κ2) is 9.57. The third-order valence-corrected chi connectivity index (χ3v) is 7.01. The first-order valence-corrected chi connectivity index (χ1v) is 12.5. The summed E-state index contributed by atoms with van der Waals surface area (Å²) in [5, 5.41) is 3.15. The number of fused-ring (bicyclic) bond motifs is 1. The van der Waals surface area contributed by atoms with E-state index in [1.165, 1.54) is 6.07 Å². The van der Waals surface area contributed by atoms with Gasteiger partial charge in [-0.2, -0.15) is 0 Å². The standard InChI is InChI=1S/C28H29FN6O2/c1-4-6-23-27(37-23)34-14-11-19(16-34)24-21-10-13-32-28(30-3)35(21)25(33-24)18-8-9-22(20(29)15-18)36-26-17(2)7-5-12-31-26/h4-10,12-13,15,19,23,27H,11,14,16H2,1-3H3,(H,30,32)/b6-4-. The van der Waals surface area contributed by atoms with E-state index in [1.54, 1.807) is 18.5 Å². The molecule has 2 fully saturated rings. The van der Waals surface area contributed by atoms with Gasteiger partial charge < -0.3 is 14.8 Å². The quantitative estimate of drug-likeness (QED) is 0.277. The van der Waals surface area contributed by atoms with Crippen molar-refractivity contribution >= 4 is 11.5 Å². The zero-order valence-electron chi connectivity index (χ0n) is 21.1. The fraction of sp³-hybridized carbons (Fsp3) is 0.321. The first kappa shape index (κ1) is 23.6. The van der Waals surface area contributed by atoms with Crippen molar-refractivity contribution in [3.8, 4) is 23.0 Å². The minimum Gasteiger partial charge on any atom is -0.436 e. The maximum atomic E-state index is 15.2. The number of ether oxygens (including phenoxy) is 2. The van der Waals surface area contributed by atoms with Gasteiger partial charge in [0.2, 0.25) is 11.8 Å². The van der Waals surface area contributed by atoms with Gasteiger partial charge in [-0.05, 0) is 50.6 Å². The molecule has 2 aliphatic heterocycles. The minimum absolute atomic E-state index is 0.116. The molecule has 1 N–H and O–H groups in total. The molecule has 2 saturated heterocycles. The molecule has 0 aliphatic carbocycles. The number of imidazole rings is 1. The lowest BCUT2D eigenvalue weighted by Gasteiger charge is -2.12. The van der Waals surface area contributed by atoms with Crippen molar-refractivity contribution in [2.45, 2.75) is 38.5 Å². The van der Waals surface area contributed by atoms with Gasteiger partial charge in [0.05, 0.1) is 11.2 Å². The number of allylic oxidation sites excluding steroid dienone is 1. The molecule has 0 spiro atoms. The number of aromatic nitrogens is 4. The molecule has 8 nitrogen and oxygen atoms in total. The van der Waals surface area contributed by atoms with E-state index in [0.29, 0.717) is 23.2 Å². The highest BCUT2D eigenvalue weighted by Gasteiger charge is 2.45. The number of hydrogen-bond acceptors (Lipinski definition) is 7. The molecule has 6 rings (SSSR count). The maximum absolute atomic E-state index is 15.2. The minimum atomic E-state index is -0.483. The van der Waals surface area contributed by atoms with E-state index in [0.717, 1.165) is 36.3 Å². The Morgan fingerprint density at radius 2 is 2.08 bits per heavy atom. The van der Waals surface area contributed by atoms with Crippen molar-refractivity contribution in [1.82, 2.24) is 24.3 Å². The number of nitrogens with zero attached hydrogens (tertiary/aromatic N) is 5. The van der Waals surface area contributed by atoms with Crippen LogP contribution in [0.2, 0.25) is 0 Å². The summed E-state index contributed by atoms with van der Waals surface area (Å²) in [6.45, 7) is 5.71. The molecule has 190 valence electrons. The molecular weight excluding hydrogens is 471 g/mol. The van der Waals surface area contributed by atoms with Crippen LogP contribution in [0, 0.1) is 12.7 Å². The Labute approximate surface area is 214 Å². The molecule has 4 aromatic rings. The normalized spacial score (nSPS) is 21.7. The average Bonchev–Trinajstić information content (AvgIpc) is 3.32. The van der Waals surface area contributed by atoms with Crippen LogP contribution in [0.1, 0.15) is 30.5 Å². The first-order valence-electron chi connectivity index (χ1n) is 12.5. The van der Waals surface area contributed by atoms with E-state index in [-0.39, 0.29) is 24.0 Å². The van der Waals surface area contributed by atoms with Crippen molar-refractivity contribution in [2.75, 3.05) is 25.5 Å². The van der Waals surface area contributed by atoms with E-state index >= 15 is 4.39 Å². The van der Waals surface area contributed by atoms with Gasteiger partial charge >= 0.3 is 0 Å². The SMILES string of the molecule is C/C=C\C1OC1N1CCC(c2nc(-c3ccc(Oc4ncccc4C)c(F)c3)n3c(NC)nccc23)C1. The number of nitrogens with one attached hydrogen (secondary N) is 1. The molecule has 3 aromatic heterocycles. The summed E-state index contributed by atoms with van der Waals surface area (Å²) in [6, 6.07) is 10.6. The van der Waals surface area contributed by atoms with Crippen LogP contribution in [-0.4, -0.2) is 56.7 Å². The van der Waals surface area contributed by atoms with Gasteiger partial charge in [0.15, 0.2) is 11.6 Å². The fourth-order valence-corrected chi connectivity index (χ4v) is 5.12. The summed E-state index contributed by atoms with van der Waals surface area (Å²) in [4.78, 5) is 16.1. The van der Waals surface area contributed by atoms with Crippen molar-refractivity contribution in [3.63, 3.8) is 0 Å². The summed E-state index contributed by atoms with van der Waals surface area (Å²) in [5.74, 6) is 1.53. The highest BCUT2D eigenvalue weighted by molar-refractivity contribution is 5.69. The molecule has 9 heteroatoms. The number of rotatable bonds is 7. The van der Waals surface area contributed by atoms with Crippen LogP contribution in [0.15, 0.2) is 60.9 Å². The zero-order valence-corrected chi connectivity index (χ0v) is 21.1. The average molecular weight is 501 g/mol. The van der Waals surface area contributed by atoms with E-state index in [4.69, 9.17) is 14.5 Å². The van der Waals surface area contributed by atoms with Gasteiger partial charge in [0, 0.05) is 49.6 Å². The van der Waals surface area contributed by atoms with Crippen LogP contribution in [0.5, 0.6) is 11.6 Å². The third-order valence-electron chi connectivity index (χ3n) is 7.01. The summed E-state index contributed by atoms with van der Waals surface area (Å²) < 4.78 is 28.8. The number of likely N-dealkylation sites (tertiary alicyclic amines) is 1. The predicted octanol–water partition coefficient (Wildman–Crippen LogP) is 5.16. The maximum Gasteiger partial charge on any atom is 0.222 e. The van der Waals surface area contributed by atoms with E-state index < -0.39 is 5.82 Å². The van der Waals surface area contributed by atoms with Gasteiger partial charge in [0.1, 0.15) is 18.2 Å². The molecule has 0 radical (unpaired) electrons. The largest absolute Gasteiger partial charge is 0.436 e. The highest BCUT2D eigenvalue weighted by atomic mass is 19.1. The number of benzene rings is 1. The van der Waals surface area contributed by atoms with Crippen LogP contribution < -0.4 is 10.1 Å². The van der Waals surface area contributed by atoms with Crippen LogP contribution in [-0.2, 0) is 4.74 Å². The lowest BCUT2D eigenvalue weighted by atomic mass is 10.0. The lowest BCUT2D eigenvalue weighted by Crippen LogP contribution is -2.25. The summed E-state index contributed by atoms with van der Waals surface area (Å²) in [7, 11) is 1.82. The molecule has 2 aliphatic rings. The van der Waals surface area contributed by atoms with Gasteiger partial charge in [0.25, 0.3) is 0 Å². The summed E-state index contributed by atoms with van der Waals surface area (Å²) in [6.07, 6.45) is 8.85. The van der Waals surface area contributed by atoms with Crippen molar-refractivity contribution in [3.05, 3.63) is 78.0 Å². The Balaban J connectivity index is 1.34. The molecule has 1 aromatic carbocycles. The number of epoxide rings is 1. The van der Waals surface area contributed by atoms with Crippen LogP contribution in [0.4, 0.5) is 10.3 Å². The monoisotopic (exact) mass is 500 g/mol. The third kappa shape index (κ3) is 4.34. The molecule has 3 unspecified atom stereocenters. The smallest absolute Gasteiger partial charge is 0.222 e. The Kier molecular flexibility index (Phi) is 6.10. The Morgan fingerprint density at radius 3 is 2.86 bits per heavy atom. The van der Waals surface area contributed by atoms with E-state index in [9.17, 15) is 0 Å². The Bertz CT molecular complexity index is 1490. The molecule has 3 atom stereocenters. The predicted molar refractivity (Wildman–Crippen MR) is 139 cm³/mol.